The number of ether oxygens (including phenoxy) is 1. The number of morpholine rings is 1. The lowest BCUT2D eigenvalue weighted by molar-refractivity contribution is -0.00804. The number of piperidine rings is 3. The number of nitrogens with zero attached hydrogens (tertiary/aromatic N) is 6. The number of hydrogen-bond acceptors (Lipinski definition) is 11. The van der Waals surface area contributed by atoms with Gasteiger partial charge in [-0.1, -0.05) is 167 Å². The van der Waals surface area contributed by atoms with Crippen LogP contribution in [0.2, 0.25) is 0 Å². The lowest BCUT2D eigenvalue weighted by Crippen LogP contribution is -2.49. The lowest BCUT2D eigenvalue weighted by Gasteiger charge is -2.42. The van der Waals surface area contributed by atoms with Gasteiger partial charge in [0.2, 0.25) is 0 Å². The average molecular weight is 1530 g/mol. The van der Waals surface area contributed by atoms with Crippen LogP contribution in [0, 0.1) is 58.2 Å². The first kappa shape index (κ1) is 99.6. The Morgan fingerprint density at radius 2 is 0.955 bits per heavy atom. The Hall–Kier alpha value is -2.71. The minimum Gasteiger partial charge on any atom is -0.384 e. The largest absolute Gasteiger partial charge is 0.384 e. The third kappa shape index (κ3) is 40.4. The molecule has 8 saturated heterocycles. The molecule has 0 amide bonds. The van der Waals surface area contributed by atoms with Crippen LogP contribution in [-0.4, -0.2) is 182 Å². The highest BCUT2D eigenvalue weighted by Crippen LogP contribution is 2.46. The molecule has 4 saturated carbocycles. The molecule has 4 bridgehead atoms. The van der Waals surface area contributed by atoms with Crippen molar-refractivity contribution in [2.75, 3.05) is 117 Å². The van der Waals surface area contributed by atoms with Gasteiger partial charge in [0.15, 0.2) is 0 Å². The average Bonchev–Trinajstić information content (AvgIpc) is 1.62. The van der Waals surface area contributed by atoms with Gasteiger partial charge < -0.3 is 35.8 Å². The van der Waals surface area contributed by atoms with E-state index in [4.69, 9.17) is 4.74 Å². The van der Waals surface area contributed by atoms with Crippen LogP contribution in [0.4, 0.5) is 5.69 Å². The van der Waals surface area contributed by atoms with Gasteiger partial charge in [-0.25, -0.2) is 0 Å². The first-order valence-electron chi connectivity index (χ1n) is 46.0. The third-order valence-corrected chi connectivity index (χ3v) is 24.3. The Bertz CT molecular complexity index is 2770. The first-order valence-corrected chi connectivity index (χ1v) is 46.0. The van der Waals surface area contributed by atoms with Crippen molar-refractivity contribution in [2.45, 2.75) is 375 Å². The molecular weight excluding hydrogens is 1350 g/mol. The van der Waals surface area contributed by atoms with E-state index in [0.717, 1.165) is 111 Å². The number of nitrogens with one attached hydrogen (secondary N) is 4. The maximum Gasteiger partial charge on any atom is 0.0718 e. The fraction of sp³-hybridized carbons (Fsp3) is 0.848. The van der Waals surface area contributed by atoms with Crippen LogP contribution in [0.1, 0.15) is 339 Å². The Morgan fingerprint density at radius 3 is 1.28 bits per heavy atom. The number of anilines is 1. The summed E-state index contributed by atoms with van der Waals surface area (Å²) in [5.41, 5.74) is 9.35. The monoisotopic (exact) mass is 1530 g/mol. The summed E-state index contributed by atoms with van der Waals surface area (Å²) < 4.78 is 5.54. The van der Waals surface area contributed by atoms with E-state index in [-0.39, 0.29) is 5.41 Å². The molecule has 10 heterocycles. The van der Waals surface area contributed by atoms with Crippen LogP contribution in [-0.2, 0) is 16.6 Å². The Balaban J connectivity index is 0.000000255. The van der Waals surface area contributed by atoms with Gasteiger partial charge in [0.1, 0.15) is 0 Å². The Kier molecular flexibility index (Phi) is 44.3. The van der Waals surface area contributed by atoms with E-state index < -0.39 is 0 Å². The molecule has 6 atom stereocenters. The zero-order valence-electron chi connectivity index (χ0n) is 78.5. The molecule has 6 unspecified atom stereocenters. The molecule has 110 heavy (non-hydrogen) atoms. The van der Waals surface area contributed by atoms with Gasteiger partial charge in [-0.3, -0.25) is 19.7 Å². The van der Waals surface area contributed by atoms with Crippen molar-refractivity contribution in [1.29, 1.82) is 0 Å². The predicted molar refractivity (Wildman–Crippen MR) is 487 cm³/mol. The minimum atomic E-state index is 0.275. The summed E-state index contributed by atoms with van der Waals surface area (Å²) in [5.74, 6) is 8.56. The number of hydrogen-bond donors (Lipinski definition) is 4. The highest BCUT2D eigenvalue weighted by molar-refractivity contribution is 5.82. The molecule has 12 fully saturated rings. The second kappa shape index (κ2) is 48.9. The maximum absolute atomic E-state index is 5.54. The normalized spacial score (nSPS) is 24.4. The molecule has 3 aromatic rings. The van der Waals surface area contributed by atoms with Crippen molar-refractivity contribution in [1.82, 2.24) is 45.4 Å². The molecule has 16 rings (SSSR count). The number of piperazine rings is 1. The maximum atomic E-state index is 5.54. The summed E-state index contributed by atoms with van der Waals surface area (Å²) in [7, 11) is 0. The van der Waals surface area contributed by atoms with E-state index in [9.17, 15) is 0 Å². The molecule has 0 spiro atoms. The molecule has 13 aliphatic rings. The third-order valence-electron chi connectivity index (χ3n) is 24.3. The van der Waals surface area contributed by atoms with Crippen molar-refractivity contribution in [3.63, 3.8) is 0 Å². The smallest absolute Gasteiger partial charge is 0.0718 e. The van der Waals surface area contributed by atoms with Crippen molar-refractivity contribution in [2.24, 2.45) is 58.2 Å². The summed E-state index contributed by atoms with van der Waals surface area (Å²) in [5, 5.41) is 14.4. The highest BCUT2D eigenvalue weighted by Gasteiger charge is 2.46. The van der Waals surface area contributed by atoms with E-state index in [1.807, 2.05) is 12.3 Å². The second-order valence-electron chi connectivity index (χ2n) is 43.6. The number of fused-ring (bicyclic) bond motifs is 7. The van der Waals surface area contributed by atoms with Gasteiger partial charge in [-0.15, -0.1) is 0 Å². The van der Waals surface area contributed by atoms with Crippen molar-refractivity contribution in [3.8, 4) is 0 Å². The van der Waals surface area contributed by atoms with Crippen LogP contribution in [0.25, 0.3) is 10.9 Å². The molecule has 9 aliphatic heterocycles. The second-order valence-corrected chi connectivity index (χ2v) is 43.6. The topological polar surface area (TPSA) is 86.4 Å². The zero-order chi connectivity index (χ0) is 82.2. The van der Waals surface area contributed by atoms with E-state index in [0.29, 0.717) is 45.5 Å². The molecule has 11 nitrogen and oxygen atoms in total. The van der Waals surface area contributed by atoms with Gasteiger partial charge in [0, 0.05) is 117 Å². The van der Waals surface area contributed by atoms with Crippen molar-refractivity contribution in [3.05, 3.63) is 71.4 Å². The number of pyridine rings is 1. The standard InChI is InChI=1S/C12H17N.C12H13N.C11H21N.C9H17NO.C9H18.C8H15N.2C7H15N.C7H14.C5H11N.C4H10N2.2C4H10/c1-12(2,3)10-4-5-11-9(8-10)6-7-13-11;1-9(2)10-5-3-7-12-11(10)6-4-8-13-12;1-11(2,3)12-7-9-4-5-10(6-9)8-12;1-9(2,3)10-5-8-4-7(10)6-11-8;1-9(2,3)8-6-4-5-7-8;1-6(2)9-4-7-3-8(7)5-9;1-7(2,3)8-5-4-6-8;1-7(2)8-5-3-4-6-8;1-7(2,3)6-4-5-6;1-2-4-6-5-3-1;1-2-6-4-3-5-1;2*1-4(2)3/h4-5,8,13H,6-7H2,1-3H3;3-9H,1-2H3;9-10H,4-8H2,1-3H3;7-8H,4-6H2,1-3H3;8H,4-7H2,1-3H3;6-8H,3-5H2,1-2H3;4-6H2,1-3H3;7H,3-6H2,1-2H3;6H,4-5H2,1-3H3;6H,1-5H2;5-6H,1-4H2;2*4H,1-3H3. The van der Waals surface area contributed by atoms with Crippen molar-refractivity contribution < 1.29 is 4.74 Å². The number of likely N-dealkylation sites (tertiary alicyclic amines) is 5. The van der Waals surface area contributed by atoms with E-state index in [1.54, 1.807) is 0 Å². The lowest BCUT2D eigenvalue weighted by atomic mass is 9.80. The predicted octanol–water partition coefficient (Wildman–Crippen LogP) is 23.3. The van der Waals surface area contributed by atoms with Crippen LogP contribution in [0.5, 0.6) is 0 Å². The molecule has 4 aliphatic carbocycles. The van der Waals surface area contributed by atoms with E-state index in [1.165, 1.54) is 209 Å². The SMILES string of the molecule is C1CCNCC1.C1CNCCN1.CC(C)(C)C1CC1.CC(C)(C)C1CCCC1.CC(C)(C)N1CC2CC1CO2.CC(C)(C)N1CC2CCC(C2)C1.CC(C)(C)N1CCC1.CC(C)(C)c1ccc2c(c1)CCN2.CC(C)C.CC(C)C.CC(C)N1CC2CC2C1.CC(C)N1CCCC1.CC(C)c1cccc2ncccc12. The fourth-order valence-electron chi connectivity index (χ4n) is 16.6. The van der Waals surface area contributed by atoms with Crippen LogP contribution < -0.4 is 21.3 Å². The number of rotatable bonds is 3. The highest BCUT2D eigenvalue weighted by atomic mass is 16.5. The van der Waals surface area contributed by atoms with Crippen LogP contribution in [0.15, 0.2) is 54.7 Å². The molecule has 2 aromatic carbocycles. The Labute approximate surface area is 684 Å². The van der Waals surface area contributed by atoms with Gasteiger partial charge >= 0.3 is 0 Å². The van der Waals surface area contributed by atoms with Gasteiger partial charge in [0.25, 0.3) is 0 Å². The summed E-state index contributed by atoms with van der Waals surface area (Å²) in [6, 6.07) is 19.5. The molecule has 11 heteroatoms. The summed E-state index contributed by atoms with van der Waals surface area (Å²) in [6.45, 7) is 89.1. The minimum absolute atomic E-state index is 0.275. The summed E-state index contributed by atoms with van der Waals surface area (Å²) in [4.78, 5) is 17.2. The van der Waals surface area contributed by atoms with Gasteiger partial charge in [-0.05, 0) is 330 Å². The van der Waals surface area contributed by atoms with Crippen molar-refractivity contribution >= 4 is 16.6 Å². The summed E-state index contributed by atoms with van der Waals surface area (Å²) in [6.07, 6.45) is 28.2. The number of benzene rings is 2. The van der Waals surface area contributed by atoms with E-state index >= 15 is 0 Å². The summed E-state index contributed by atoms with van der Waals surface area (Å²) >= 11 is 0. The molecule has 4 N–H and O–H groups in total. The van der Waals surface area contributed by atoms with Gasteiger partial charge in [0.05, 0.1) is 18.2 Å². The Morgan fingerprint density at radius 1 is 0.445 bits per heavy atom. The van der Waals surface area contributed by atoms with Crippen LogP contribution >= 0.6 is 0 Å². The first-order chi connectivity index (χ1) is 51.3. The molecular formula is C99H186N10O. The van der Waals surface area contributed by atoms with Gasteiger partial charge in [-0.2, -0.15) is 0 Å². The number of aromatic nitrogens is 1. The molecule has 0 radical (unpaired) electrons. The molecule has 638 valence electrons. The van der Waals surface area contributed by atoms with E-state index in [2.05, 4.69) is 301 Å². The fourth-order valence-corrected chi connectivity index (χ4v) is 16.6. The van der Waals surface area contributed by atoms with Crippen LogP contribution in [0.3, 0.4) is 0 Å². The molecule has 1 aromatic heterocycles. The zero-order valence-corrected chi connectivity index (χ0v) is 78.5. The quantitative estimate of drug-likeness (QED) is 0.202.